The topological polar surface area (TPSA) is 114 Å². The molecule has 0 saturated carbocycles. The van der Waals surface area contributed by atoms with E-state index in [1.165, 1.54) is 12.7 Å². The smallest absolute Gasteiger partial charge is 0.275 e. The van der Waals surface area contributed by atoms with Crippen LogP contribution >= 0.6 is 11.3 Å². The second kappa shape index (κ2) is 10.4. The second-order valence-corrected chi connectivity index (χ2v) is 10.1. The van der Waals surface area contributed by atoms with Crippen LogP contribution in [-0.2, 0) is 14.3 Å². The average molecular weight is 524 g/mol. The first-order valence-corrected chi connectivity index (χ1v) is 13.3. The molecule has 0 aromatic carbocycles. The van der Waals surface area contributed by atoms with Crippen molar-refractivity contribution in [1.82, 2.24) is 20.3 Å². The zero-order valence-electron chi connectivity index (χ0n) is 20.6. The van der Waals surface area contributed by atoms with Crippen molar-refractivity contribution in [2.45, 2.75) is 25.5 Å². The zero-order valence-corrected chi connectivity index (χ0v) is 21.4. The Morgan fingerprint density at radius 1 is 1.14 bits per heavy atom. The minimum Gasteiger partial charge on any atom is -0.481 e. The quantitative estimate of drug-likeness (QED) is 0.500. The van der Waals surface area contributed by atoms with Crippen LogP contribution in [0.3, 0.4) is 0 Å². The molecule has 3 aromatic rings. The Bertz CT molecular complexity index is 1320. The number of nitrogens with zero attached hydrogens (tertiary/aromatic N) is 5. The summed E-state index contributed by atoms with van der Waals surface area (Å²) in [6.45, 7) is 4.82. The lowest BCUT2D eigenvalue weighted by Crippen LogP contribution is -2.36. The summed E-state index contributed by atoms with van der Waals surface area (Å²) >= 11 is 1.59. The van der Waals surface area contributed by atoms with Gasteiger partial charge in [0.05, 0.1) is 30.7 Å². The summed E-state index contributed by atoms with van der Waals surface area (Å²) in [7, 11) is 1.56. The molecular formula is C25H29N7O4S. The minimum absolute atomic E-state index is 0.291. The van der Waals surface area contributed by atoms with Crippen molar-refractivity contribution in [3.8, 4) is 5.88 Å². The van der Waals surface area contributed by atoms with Crippen LogP contribution in [0.2, 0.25) is 0 Å². The standard InChI is InChI=1S/C25H29N7O4S/c1-34-20-13-16(5-6-26-20)24-28-18(15-36-24)23(33)27-17-14-19-21(29-22(17)31-7-3-2-4-8-31)30-25(37-19)32-9-11-35-12-10-32/h5-6,13-15,24,28H,2-4,7-12H2,1H3,(H,27,33). The molecule has 3 aromatic heterocycles. The van der Waals surface area contributed by atoms with E-state index >= 15 is 0 Å². The number of piperidine rings is 1. The molecule has 194 valence electrons. The maximum absolute atomic E-state index is 13.3. The lowest BCUT2D eigenvalue weighted by molar-refractivity contribution is -0.113. The molecule has 1 unspecified atom stereocenters. The third-order valence-corrected chi connectivity index (χ3v) is 7.71. The van der Waals surface area contributed by atoms with Crippen molar-refractivity contribution in [2.24, 2.45) is 0 Å². The van der Waals surface area contributed by atoms with Gasteiger partial charge >= 0.3 is 0 Å². The molecule has 2 N–H and O–H groups in total. The third-order valence-electron chi connectivity index (χ3n) is 6.66. The van der Waals surface area contributed by atoms with E-state index in [1.54, 1.807) is 30.7 Å². The lowest BCUT2D eigenvalue weighted by atomic mass is 10.1. The van der Waals surface area contributed by atoms with Gasteiger partial charge in [0.15, 0.2) is 22.8 Å². The highest BCUT2D eigenvalue weighted by Crippen LogP contribution is 2.36. The Hall–Kier alpha value is -3.64. The first kappa shape index (κ1) is 23.7. The van der Waals surface area contributed by atoms with Gasteiger partial charge in [-0.3, -0.25) is 4.79 Å². The van der Waals surface area contributed by atoms with Crippen LogP contribution in [0.1, 0.15) is 31.1 Å². The van der Waals surface area contributed by atoms with Gasteiger partial charge < -0.3 is 34.6 Å². The molecule has 6 rings (SSSR count). The number of morpholine rings is 1. The Balaban J connectivity index is 1.25. The van der Waals surface area contributed by atoms with E-state index in [4.69, 9.17) is 24.2 Å². The highest BCUT2D eigenvalue weighted by Gasteiger charge is 2.27. The fourth-order valence-corrected chi connectivity index (χ4v) is 5.69. The number of pyridine rings is 2. The molecule has 0 spiro atoms. The first-order chi connectivity index (χ1) is 18.2. The Kier molecular flexibility index (Phi) is 6.66. The minimum atomic E-state index is -0.502. The number of carbonyl (C=O) groups is 1. The molecular weight excluding hydrogens is 494 g/mol. The van der Waals surface area contributed by atoms with Gasteiger partial charge in [-0.25, -0.2) is 9.97 Å². The first-order valence-electron chi connectivity index (χ1n) is 12.5. The second-order valence-electron chi connectivity index (χ2n) is 9.10. The molecule has 3 aliphatic heterocycles. The fourth-order valence-electron chi connectivity index (χ4n) is 4.69. The van der Waals surface area contributed by atoms with Gasteiger partial charge in [0.1, 0.15) is 12.0 Å². The predicted octanol–water partition coefficient (Wildman–Crippen LogP) is 3.02. The SMILES string of the molecule is COc1cc(C2NC(C(=O)Nc3cc4sc(N5CCOCC5)nc4nc3N3CCCCC3)=CO2)ccn1. The highest BCUT2D eigenvalue weighted by molar-refractivity contribution is 7.22. The number of ether oxygens (including phenoxy) is 3. The maximum atomic E-state index is 13.3. The number of anilines is 3. The van der Waals surface area contributed by atoms with Crippen LogP contribution < -0.4 is 25.2 Å². The van der Waals surface area contributed by atoms with Gasteiger partial charge in [-0.15, -0.1) is 0 Å². The highest BCUT2D eigenvalue weighted by atomic mass is 32.1. The van der Waals surface area contributed by atoms with Gasteiger partial charge in [0.2, 0.25) is 5.88 Å². The summed E-state index contributed by atoms with van der Waals surface area (Å²) in [5.74, 6) is 0.947. The Labute approximate surface area is 218 Å². The number of amides is 1. The summed E-state index contributed by atoms with van der Waals surface area (Å²) < 4.78 is 17.4. The van der Waals surface area contributed by atoms with E-state index in [0.717, 1.165) is 60.2 Å². The van der Waals surface area contributed by atoms with E-state index in [1.807, 2.05) is 12.1 Å². The van der Waals surface area contributed by atoms with Crippen LogP contribution in [0.4, 0.5) is 16.6 Å². The molecule has 1 atom stereocenters. The molecule has 2 saturated heterocycles. The van der Waals surface area contributed by atoms with Crippen LogP contribution in [-0.4, -0.2) is 67.4 Å². The molecule has 0 bridgehead atoms. The van der Waals surface area contributed by atoms with Crippen LogP contribution in [0.5, 0.6) is 5.88 Å². The monoisotopic (exact) mass is 523 g/mol. The Morgan fingerprint density at radius 2 is 1.97 bits per heavy atom. The zero-order chi connectivity index (χ0) is 25.2. The van der Waals surface area contributed by atoms with Gasteiger partial charge in [-0.2, -0.15) is 4.98 Å². The van der Waals surface area contributed by atoms with Gasteiger partial charge in [-0.05, 0) is 31.4 Å². The molecule has 11 nitrogen and oxygen atoms in total. The number of thiazole rings is 1. The number of hydrogen-bond donors (Lipinski definition) is 2. The number of nitrogens with one attached hydrogen (secondary N) is 2. The summed E-state index contributed by atoms with van der Waals surface area (Å²) in [5, 5.41) is 7.16. The summed E-state index contributed by atoms with van der Waals surface area (Å²) in [4.78, 5) is 31.7. The van der Waals surface area contributed by atoms with Crippen LogP contribution in [0.25, 0.3) is 10.3 Å². The van der Waals surface area contributed by atoms with Crippen molar-refractivity contribution in [1.29, 1.82) is 0 Å². The van der Waals surface area contributed by atoms with E-state index in [2.05, 4.69) is 25.4 Å². The summed E-state index contributed by atoms with van der Waals surface area (Å²) in [6, 6.07) is 5.58. The van der Waals surface area contributed by atoms with Crippen molar-refractivity contribution in [3.63, 3.8) is 0 Å². The number of methoxy groups -OCH3 is 1. The van der Waals surface area contributed by atoms with Crippen LogP contribution in [0.15, 0.2) is 36.4 Å². The van der Waals surface area contributed by atoms with Crippen LogP contribution in [0, 0.1) is 0 Å². The molecule has 6 heterocycles. The summed E-state index contributed by atoms with van der Waals surface area (Å²) in [6.07, 6.45) is 5.98. The Morgan fingerprint density at radius 3 is 2.78 bits per heavy atom. The molecule has 1 amide bonds. The number of fused-ring (bicyclic) bond motifs is 1. The number of hydrogen-bond acceptors (Lipinski definition) is 11. The maximum Gasteiger partial charge on any atom is 0.275 e. The largest absolute Gasteiger partial charge is 0.481 e. The van der Waals surface area contributed by atoms with Crippen molar-refractivity contribution in [3.05, 3.63) is 41.9 Å². The van der Waals surface area contributed by atoms with Gasteiger partial charge in [-0.1, -0.05) is 11.3 Å². The molecule has 12 heteroatoms. The van der Waals surface area contributed by atoms with Gasteiger partial charge in [0, 0.05) is 44.0 Å². The number of aromatic nitrogens is 3. The predicted molar refractivity (Wildman–Crippen MR) is 141 cm³/mol. The molecule has 2 fully saturated rings. The van der Waals surface area contributed by atoms with Crippen molar-refractivity contribution < 1.29 is 19.0 Å². The van der Waals surface area contributed by atoms with Crippen molar-refractivity contribution in [2.75, 3.05) is 61.6 Å². The number of carbonyl (C=O) groups excluding carboxylic acids is 1. The normalized spacial score (nSPS) is 19.8. The van der Waals surface area contributed by atoms with Crippen molar-refractivity contribution >= 4 is 44.2 Å². The van der Waals surface area contributed by atoms with E-state index in [-0.39, 0.29) is 5.91 Å². The summed E-state index contributed by atoms with van der Waals surface area (Å²) in [5.41, 5.74) is 2.53. The molecule has 37 heavy (non-hydrogen) atoms. The van der Waals surface area contributed by atoms with Gasteiger partial charge in [0.25, 0.3) is 5.91 Å². The average Bonchev–Trinajstić information content (AvgIpc) is 3.61. The molecule has 0 aliphatic carbocycles. The molecule has 0 radical (unpaired) electrons. The van der Waals surface area contributed by atoms with E-state index < -0.39 is 6.23 Å². The van der Waals surface area contributed by atoms with E-state index in [0.29, 0.717) is 36.1 Å². The molecule has 3 aliphatic rings. The number of rotatable bonds is 6. The fraction of sp³-hybridized carbons (Fsp3) is 0.440. The lowest BCUT2D eigenvalue weighted by Gasteiger charge is -2.29. The van der Waals surface area contributed by atoms with E-state index in [9.17, 15) is 4.79 Å². The third kappa shape index (κ3) is 4.98.